The van der Waals surface area contributed by atoms with Crippen LogP contribution >= 0.6 is 0 Å². The standard InChI is InChI=1S/C13H21N5O5/c1-4-6-8(3)23-13-16-11(14)10(18(20)21)12(17-13)15-7-9(19)22-5-2/h8H,4-7H2,1-3H3,(H3,14,15,16,17). The number of nitrogens with zero attached hydrogens (tertiary/aromatic N) is 3. The number of carbonyl (C=O) groups excluding carboxylic acids is 1. The van der Waals surface area contributed by atoms with Gasteiger partial charge in [-0.25, -0.2) is 0 Å². The quantitative estimate of drug-likeness (QED) is 0.392. The number of carbonyl (C=O) groups is 1. The van der Waals surface area contributed by atoms with Gasteiger partial charge in [-0.3, -0.25) is 14.9 Å². The maximum Gasteiger partial charge on any atom is 0.353 e. The molecule has 3 N–H and O–H groups in total. The third-order valence-electron chi connectivity index (χ3n) is 2.78. The molecule has 23 heavy (non-hydrogen) atoms. The Kier molecular flexibility index (Phi) is 6.97. The highest BCUT2D eigenvalue weighted by atomic mass is 16.6. The van der Waals surface area contributed by atoms with Gasteiger partial charge in [0.05, 0.1) is 17.6 Å². The number of nitro groups is 1. The molecule has 0 amide bonds. The van der Waals surface area contributed by atoms with Gasteiger partial charge in [-0.05, 0) is 20.3 Å². The summed E-state index contributed by atoms with van der Waals surface area (Å²) in [6, 6.07) is -0.0830. The molecule has 10 nitrogen and oxygen atoms in total. The van der Waals surface area contributed by atoms with Crippen molar-refractivity contribution >= 4 is 23.3 Å². The highest BCUT2D eigenvalue weighted by Gasteiger charge is 2.24. The van der Waals surface area contributed by atoms with E-state index in [9.17, 15) is 14.9 Å². The third kappa shape index (κ3) is 5.57. The van der Waals surface area contributed by atoms with Gasteiger partial charge in [-0.1, -0.05) is 13.3 Å². The summed E-state index contributed by atoms with van der Waals surface area (Å²) in [5.41, 5.74) is 5.10. The minimum absolute atomic E-state index is 0.0830. The van der Waals surface area contributed by atoms with E-state index >= 15 is 0 Å². The molecule has 0 radical (unpaired) electrons. The highest BCUT2D eigenvalue weighted by Crippen LogP contribution is 2.29. The van der Waals surface area contributed by atoms with E-state index in [0.29, 0.717) is 0 Å². The average Bonchev–Trinajstić information content (AvgIpc) is 2.44. The highest BCUT2D eigenvalue weighted by molar-refractivity contribution is 5.77. The molecule has 0 saturated carbocycles. The van der Waals surface area contributed by atoms with Crippen molar-refractivity contribution in [1.29, 1.82) is 0 Å². The first kappa shape index (κ1) is 18.4. The number of aromatic nitrogens is 2. The maximum atomic E-state index is 11.4. The van der Waals surface area contributed by atoms with Gasteiger partial charge in [0.15, 0.2) is 0 Å². The maximum absolute atomic E-state index is 11.4. The Morgan fingerprint density at radius 3 is 2.70 bits per heavy atom. The van der Waals surface area contributed by atoms with Crippen LogP contribution in [0.1, 0.15) is 33.6 Å². The van der Waals surface area contributed by atoms with Crippen LogP contribution in [-0.4, -0.2) is 40.1 Å². The second-order valence-corrected chi connectivity index (χ2v) is 4.72. The van der Waals surface area contributed by atoms with E-state index in [-0.39, 0.29) is 36.9 Å². The largest absolute Gasteiger partial charge is 0.465 e. The summed E-state index contributed by atoms with van der Waals surface area (Å²) < 4.78 is 10.2. The number of hydrogen-bond acceptors (Lipinski definition) is 9. The predicted molar refractivity (Wildman–Crippen MR) is 83.2 cm³/mol. The Bertz CT molecular complexity index is 566. The van der Waals surface area contributed by atoms with Crippen LogP contribution in [0.2, 0.25) is 0 Å². The van der Waals surface area contributed by atoms with Gasteiger partial charge in [-0.2, -0.15) is 9.97 Å². The fourth-order valence-corrected chi connectivity index (χ4v) is 1.82. The van der Waals surface area contributed by atoms with Crippen molar-refractivity contribution < 1.29 is 19.2 Å². The number of hydrogen-bond donors (Lipinski definition) is 2. The van der Waals surface area contributed by atoms with Crippen molar-refractivity contribution in [2.45, 2.75) is 39.7 Å². The van der Waals surface area contributed by atoms with E-state index in [0.717, 1.165) is 12.8 Å². The fourth-order valence-electron chi connectivity index (χ4n) is 1.82. The van der Waals surface area contributed by atoms with Crippen molar-refractivity contribution in [2.75, 3.05) is 24.2 Å². The minimum atomic E-state index is -0.720. The monoisotopic (exact) mass is 327 g/mol. The summed E-state index contributed by atoms with van der Waals surface area (Å²) in [5.74, 6) is -1.09. The van der Waals surface area contributed by atoms with E-state index in [2.05, 4.69) is 15.3 Å². The van der Waals surface area contributed by atoms with Crippen LogP contribution in [0.5, 0.6) is 6.01 Å². The molecule has 0 fully saturated rings. The van der Waals surface area contributed by atoms with Crippen LogP contribution in [0.25, 0.3) is 0 Å². The predicted octanol–water partition coefficient (Wildman–Crippen LogP) is 1.51. The van der Waals surface area contributed by atoms with Crippen molar-refractivity contribution in [1.82, 2.24) is 9.97 Å². The van der Waals surface area contributed by atoms with E-state index < -0.39 is 16.6 Å². The molecule has 0 aromatic carbocycles. The molecule has 1 atom stereocenters. The Morgan fingerprint density at radius 1 is 1.43 bits per heavy atom. The van der Waals surface area contributed by atoms with Crippen LogP contribution in [0.4, 0.5) is 17.3 Å². The lowest BCUT2D eigenvalue weighted by Gasteiger charge is -2.13. The minimum Gasteiger partial charge on any atom is -0.465 e. The van der Waals surface area contributed by atoms with Gasteiger partial charge in [0.2, 0.25) is 11.6 Å². The number of esters is 1. The Hall–Kier alpha value is -2.65. The molecule has 1 heterocycles. The van der Waals surface area contributed by atoms with Gasteiger partial charge >= 0.3 is 17.7 Å². The van der Waals surface area contributed by atoms with Crippen LogP contribution < -0.4 is 15.8 Å². The number of ether oxygens (including phenoxy) is 2. The molecule has 128 valence electrons. The van der Waals surface area contributed by atoms with E-state index in [1.807, 2.05) is 13.8 Å². The van der Waals surface area contributed by atoms with Gasteiger partial charge in [0.1, 0.15) is 6.54 Å². The third-order valence-corrected chi connectivity index (χ3v) is 2.78. The molecule has 0 aliphatic heterocycles. The summed E-state index contributed by atoms with van der Waals surface area (Å²) in [5, 5.41) is 13.6. The normalized spacial score (nSPS) is 11.6. The number of anilines is 2. The lowest BCUT2D eigenvalue weighted by molar-refractivity contribution is -0.383. The molecule has 0 aliphatic carbocycles. The van der Waals surface area contributed by atoms with Crippen LogP contribution in [-0.2, 0) is 9.53 Å². The first-order valence-electron chi connectivity index (χ1n) is 7.27. The van der Waals surface area contributed by atoms with E-state index in [1.165, 1.54) is 0 Å². The first-order chi connectivity index (χ1) is 10.9. The van der Waals surface area contributed by atoms with Crippen LogP contribution in [0.15, 0.2) is 0 Å². The van der Waals surface area contributed by atoms with Gasteiger partial charge in [0, 0.05) is 0 Å². The molecule has 1 aromatic rings. The number of rotatable bonds is 9. The molecule has 0 bridgehead atoms. The molecule has 1 unspecified atom stereocenters. The summed E-state index contributed by atoms with van der Waals surface area (Å²) in [7, 11) is 0. The molecular formula is C13H21N5O5. The van der Waals surface area contributed by atoms with Crippen molar-refractivity contribution in [3.8, 4) is 6.01 Å². The molecule has 0 spiro atoms. The van der Waals surface area contributed by atoms with Gasteiger partial charge in [-0.15, -0.1) is 0 Å². The van der Waals surface area contributed by atoms with Crippen molar-refractivity contribution in [3.63, 3.8) is 0 Å². The summed E-state index contributed by atoms with van der Waals surface area (Å²) in [4.78, 5) is 29.5. The zero-order valence-electron chi connectivity index (χ0n) is 13.4. The molecule has 0 saturated heterocycles. The lowest BCUT2D eigenvalue weighted by atomic mass is 10.2. The SMILES string of the molecule is CCCC(C)Oc1nc(N)c([N+](=O)[O-])c(NCC(=O)OCC)n1. The first-order valence-corrected chi connectivity index (χ1v) is 7.27. The Balaban J connectivity index is 3.00. The fraction of sp³-hybridized carbons (Fsp3) is 0.615. The smallest absolute Gasteiger partial charge is 0.353 e. The lowest BCUT2D eigenvalue weighted by Crippen LogP contribution is -2.20. The van der Waals surface area contributed by atoms with Gasteiger partial charge in [0.25, 0.3) is 0 Å². The van der Waals surface area contributed by atoms with E-state index in [4.69, 9.17) is 15.2 Å². The van der Waals surface area contributed by atoms with Crippen LogP contribution in [0, 0.1) is 10.1 Å². The Labute approximate surface area is 133 Å². The summed E-state index contributed by atoms with van der Waals surface area (Å²) in [6.45, 7) is 5.41. The number of nitrogen functional groups attached to an aromatic ring is 1. The molecular weight excluding hydrogens is 306 g/mol. The topological polar surface area (TPSA) is 142 Å². The molecule has 0 aliphatic rings. The second kappa shape index (κ2) is 8.71. The molecule has 10 heteroatoms. The number of nitrogens with one attached hydrogen (secondary N) is 1. The number of nitrogens with two attached hydrogens (primary N) is 1. The second-order valence-electron chi connectivity index (χ2n) is 4.72. The van der Waals surface area contributed by atoms with Crippen LogP contribution in [0.3, 0.4) is 0 Å². The zero-order valence-corrected chi connectivity index (χ0v) is 13.4. The molecule has 1 aromatic heterocycles. The summed E-state index contributed by atoms with van der Waals surface area (Å²) >= 11 is 0. The zero-order chi connectivity index (χ0) is 17.4. The Morgan fingerprint density at radius 2 is 2.13 bits per heavy atom. The summed E-state index contributed by atoms with van der Waals surface area (Å²) in [6.07, 6.45) is 1.50. The average molecular weight is 327 g/mol. The van der Waals surface area contributed by atoms with Gasteiger partial charge < -0.3 is 20.5 Å². The molecule has 1 rings (SSSR count). The van der Waals surface area contributed by atoms with Crippen molar-refractivity contribution in [2.24, 2.45) is 0 Å². The van der Waals surface area contributed by atoms with Crippen molar-refractivity contribution in [3.05, 3.63) is 10.1 Å². The van der Waals surface area contributed by atoms with E-state index in [1.54, 1.807) is 6.92 Å².